The maximum Gasteiger partial charge on any atom is 0.116 e. The first-order chi connectivity index (χ1) is 10.2. The fourth-order valence-electron chi connectivity index (χ4n) is 3.19. The number of likely N-dealkylation sites (N-methyl/N-ethyl adjacent to an activating group) is 1. The van der Waals surface area contributed by atoms with Gasteiger partial charge >= 0.3 is 0 Å². The van der Waals surface area contributed by atoms with Crippen LogP contribution < -0.4 is 10.2 Å². The van der Waals surface area contributed by atoms with Gasteiger partial charge in [-0.25, -0.2) is 9.97 Å². The molecule has 1 N–H and O–H groups in total. The number of fused-ring (bicyclic) bond motifs is 1. The summed E-state index contributed by atoms with van der Waals surface area (Å²) in [7, 11) is 2.01. The number of nitriles is 1. The zero-order valence-electron chi connectivity index (χ0n) is 12.4. The van der Waals surface area contributed by atoms with E-state index in [2.05, 4.69) is 33.2 Å². The highest BCUT2D eigenvalue weighted by atomic mass is 15.2. The second-order valence-corrected chi connectivity index (χ2v) is 5.76. The van der Waals surface area contributed by atoms with Crippen molar-refractivity contribution in [2.24, 2.45) is 5.92 Å². The van der Waals surface area contributed by atoms with E-state index in [1.165, 1.54) is 12.7 Å². The maximum atomic E-state index is 9.23. The van der Waals surface area contributed by atoms with Crippen molar-refractivity contribution in [2.75, 3.05) is 25.0 Å². The Morgan fingerprint density at radius 3 is 3.00 bits per heavy atom. The van der Waals surface area contributed by atoms with Crippen LogP contribution in [0.1, 0.15) is 18.9 Å². The van der Waals surface area contributed by atoms with Crippen LogP contribution in [-0.2, 0) is 0 Å². The molecule has 0 amide bonds. The summed E-state index contributed by atoms with van der Waals surface area (Å²) in [6, 6.07) is 6.58. The quantitative estimate of drug-likeness (QED) is 0.911. The van der Waals surface area contributed by atoms with E-state index < -0.39 is 0 Å². The lowest BCUT2D eigenvalue weighted by Crippen LogP contribution is -2.47. The van der Waals surface area contributed by atoms with Crippen molar-refractivity contribution < 1.29 is 0 Å². The molecule has 21 heavy (non-hydrogen) atoms. The SMILES string of the molecule is CNC1CC(C)CN(c2ccc(C#N)c3ncncc23)C1. The van der Waals surface area contributed by atoms with Crippen LogP contribution in [0.2, 0.25) is 0 Å². The molecule has 5 heteroatoms. The molecule has 1 aromatic heterocycles. The van der Waals surface area contributed by atoms with Gasteiger partial charge in [-0.3, -0.25) is 0 Å². The summed E-state index contributed by atoms with van der Waals surface area (Å²) in [5, 5.41) is 13.6. The Balaban J connectivity index is 2.07. The van der Waals surface area contributed by atoms with E-state index >= 15 is 0 Å². The monoisotopic (exact) mass is 281 g/mol. The molecule has 2 heterocycles. The molecule has 1 aliphatic heterocycles. The molecule has 0 saturated carbocycles. The first kappa shape index (κ1) is 13.8. The largest absolute Gasteiger partial charge is 0.369 e. The van der Waals surface area contributed by atoms with Gasteiger partial charge in [-0.1, -0.05) is 6.92 Å². The van der Waals surface area contributed by atoms with Crippen LogP contribution in [-0.4, -0.2) is 36.1 Å². The Morgan fingerprint density at radius 1 is 1.38 bits per heavy atom. The molecule has 1 saturated heterocycles. The van der Waals surface area contributed by atoms with Crippen molar-refractivity contribution in [3.05, 3.63) is 30.2 Å². The lowest BCUT2D eigenvalue weighted by molar-refractivity contribution is 0.367. The van der Waals surface area contributed by atoms with Crippen LogP contribution in [0, 0.1) is 17.2 Å². The Bertz CT molecular complexity index is 691. The Morgan fingerprint density at radius 2 is 2.24 bits per heavy atom. The van der Waals surface area contributed by atoms with Gasteiger partial charge in [-0.05, 0) is 31.5 Å². The van der Waals surface area contributed by atoms with Gasteiger partial charge in [0.05, 0.1) is 11.1 Å². The molecular formula is C16H19N5. The zero-order valence-corrected chi connectivity index (χ0v) is 12.4. The standard InChI is InChI=1S/C16H19N5/c1-11-5-13(18-2)9-21(8-11)15-4-3-12(6-17)16-14(15)7-19-10-20-16/h3-4,7,10-11,13,18H,5,8-9H2,1-2H3. The molecule has 1 aliphatic rings. The number of hydrogen-bond acceptors (Lipinski definition) is 5. The molecule has 5 nitrogen and oxygen atoms in total. The minimum atomic E-state index is 0.490. The molecule has 2 aromatic rings. The second-order valence-electron chi connectivity index (χ2n) is 5.76. The first-order valence-corrected chi connectivity index (χ1v) is 7.28. The first-order valence-electron chi connectivity index (χ1n) is 7.28. The van der Waals surface area contributed by atoms with Crippen molar-refractivity contribution in [1.82, 2.24) is 15.3 Å². The highest BCUT2D eigenvalue weighted by Crippen LogP contribution is 2.30. The number of rotatable bonds is 2. The summed E-state index contributed by atoms with van der Waals surface area (Å²) in [5.74, 6) is 0.631. The third-order valence-electron chi connectivity index (χ3n) is 4.18. The average Bonchev–Trinajstić information content (AvgIpc) is 2.53. The van der Waals surface area contributed by atoms with Gasteiger partial charge in [0.2, 0.25) is 0 Å². The van der Waals surface area contributed by atoms with Crippen LogP contribution in [0.25, 0.3) is 10.9 Å². The fourth-order valence-corrected chi connectivity index (χ4v) is 3.19. The molecule has 2 unspecified atom stereocenters. The molecule has 0 spiro atoms. The second kappa shape index (κ2) is 5.66. The normalized spacial score (nSPS) is 22.2. The van der Waals surface area contributed by atoms with E-state index in [0.717, 1.165) is 29.7 Å². The van der Waals surface area contributed by atoms with Crippen LogP contribution in [0.4, 0.5) is 5.69 Å². The van der Waals surface area contributed by atoms with Gasteiger partial charge in [0.1, 0.15) is 12.4 Å². The zero-order chi connectivity index (χ0) is 14.8. The van der Waals surface area contributed by atoms with E-state index in [-0.39, 0.29) is 0 Å². The number of aromatic nitrogens is 2. The number of nitrogens with one attached hydrogen (secondary N) is 1. The predicted octanol–water partition coefficient (Wildman–Crippen LogP) is 1.94. The lowest BCUT2D eigenvalue weighted by Gasteiger charge is -2.38. The summed E-state index contributed by atoms with van der Waals surface area (Å²) < 4.78 is 0. The Labute approximate surface area is 124 Å². The van der Waals surface area contributed by atoms with Gasteiger partial charge < -0.3 is 10.2 Å². The summed E-state index contributed by atoms with van der Waals surface area (Å²) in [5.41, 5.74) is 2.46. The molecule has 0 radical (unpaired) electrons. The van der Waals surface area contributed by atoms with E-state index in [9.17, 15) is 5.26 Å². The summed E-state index contributed by atoms with van der Waals surface area (Å²) in [4.78, 5) is 10.8. The molecule has 1 aromatic carbocycles. The van der Waals surface area contributed by atoms with Gasteiger partial charge in [0, 0.05) is 36.4 Å². The molecule has 3 rings (SSSR count). The molecule has 0 bridgehead atoms. The summed E-state index contributed by atoms with van der Waals surface area (Å²) >= 11 is 0. The van der Waals surface area contributed by atoms with E-state index in [1.807, 2.05) is 25.4 Å². The smallest absolute Gasteiger partial charge is 0.116 e. The van der Waals surface area contributed by atoms with Crippen LogP contribution in [0.5, 0.6) is 0 Å². The predicted molar refractivity (Wildman–Crippen MR) is 83.1 cm³/mol. The Kier molecular flexibility index (Phi) is 3.72. The van der Waals surface area contributed by atoms with Crippen molar-refractivity contribution in [1.29, 1.82) is 5.26 Å². The minimum Gasteiger partial charge on any atom is -0.369 e. The van der Waals surface area contributed by atoms with Crippen LogP contribution >= 0.6 is 0 Å². The van der Waals surface area contributed by atoms with Gasteiger partial charge in [-0.15, -0.1) is 0 Å². The average molecular weight is 281 g/mol. The van der Waals surface area contributed by atoms with Crippen molar-refractivity contribution in [3.8, 4) is 6.07 Å². The summed E-state index contributed by atoms with van der Waals surface area (Å²) in [6.45, 7) is 4.27. The van der Waals surface area contributed by atoms with Crippen molar-refractivity contribution >= 4 is 16.6 Å². The van der Waals surface area contributed by atoms with Gasteiger partial charge in [0.25, 0.3) is 0 Å². The Hall–Kier alpha value is -2.19. The number of hydrogen-bond donors (Lipinski definition) is 1. The number of anilines is 1. The maximum absolute atomic E-state index is 9.23. The molecule has 0 aliphatic carbocycles. The fraction of sp³-hybridized carbons (Fsp3) is 0.438. The third kappa shape index (κ3) is 2.55. The van der Waals surface area contributed by atoms with Crippen molar-refractivity contribution in [2.45, 2.75) is 19.4 Å². The highest BCUT2D eigenvalue weighted by Gasteiger charge is 2.25. The number of piperidine rings is 1. The molecular weight excluding hydrogens is 262 g/mol. The molecule has 1 fully saturated rings. The van der Waals surface area contributed by atoms with Gasteiger partial charge in [0.15, 0.2) is 0 Å². The van der Waals surface area contributed by atoms with Crippen LogP contribution in [0.3, 0.4) is 0 Å². The highest BCUT2D eigenvalue weighted by molar-refractivity contribution is 5.94. The van der Waals surface area contributed by atoms with E-state index in [4.69, 9.17) is 0 Å². The lowest BCUT2D eigenvalue weighted by atomic mass is 9.95. The summed E-state index contributed by atoms with van der Waals surface area (Å²) in [6.07, 6.45) is 4.51. The number of benzene rings is 1. The number of nitrogens with zero attached hydrogens (tertiary/aromatic N) is 4. The van der Waals surface area contributed by atoms with E-state index in [0.29, 0.717) is 17.5 Å². The van der Waals surface area contributed by atoms with E-state index in [1.54, 1.807) is 0 Å². The van der Waals surface area contributed by atoms with Gasteiger partial charge in [-0.2, -0.15) is 5.26 Å². The molecule has 2 atom stereocenters. The minimum absolute atomic E-state index is 0.490. The third-order valence-corrected chi connectivity index (χ3v) is 4.18. The topological polar surface area (TPSA) is 64.8 Å². The molecule has 108 valence electrons. The van der Waals surface area contributed by atoms with Crippen molar-refractivity contribution in [3.63, 3.8) is 0 Å². The van der Waals surface area contributed by atoms with Crippen LogP contribution in [0.15, 0.2) is 24.7 Å².